The van der Waals surface area contributed by atoms with Gasteiger partial charge in [0.2, 0.25) is 11.5 Å². The van der Waals surface area contributed by atoms with Crippen LogP contribution in [0.25, 0.3) is 17.2 Å². The minimum atomic E-state index is 0.910. The van der Waals surface area contributed by atoms with Gasteiger partial charge in [-0.25, -0.2) is 0 Å². The number of allylic oxidation sites excluding steroid dienone is 2. The highest BCUT2D eigenvalue weighted by Gasteiger charge is 2.25. The van der Waals surface area contributed by atoms with Crippen molar-refractivity contribution in [3.63, 3.8) is 0 Å². The summed E-state index contributed by atoms with van der Waals surface area (Å²) in [5, 5.41) is 0. The number of aryl methyl sites for hydroxylation is 1. The fourth-order valence-electron chi connectivity index (χ4n) is 8.31. The van der Waals surface area contributed by atoms with Crippen molar-refractivity contribution in [2.45, 2.75) is 213 Å². The van der Waals surface area contributed by atoms with Gasteiger partial charge < -0.3 is 14.1 Å². The van der Waals surface area contributed by atoms with E-state index in [1.807, 2.05) is 0 Å². The van der Waals surface area contributed by atoms with Gasteiger partial charge in [0.25, 0.3) is 5.52 Å². The van der Waals surface area contributed by atoms with E-state index in [4.69, 9.17) is 9.15 Å². The highest BCUT2D eigenvalue weighted by atomic mass is 16.5. The summed E-state index contributed by atoms with van der Waals surface area (Å²) in [5.41, 5.74) is 3.31. The van der Waals surface area contributed by atoms with Crippen LogP contribution in [-0.2, 0) is 6.54 Å². The Morgan fingerprint density at radius 2 is 0.964 bits per heavy atom. The largest absolute Gasteiger partial charge is 0.439 e. The molecule has 55 heavy (non-hydrogen) atoms. The van der Waals surface area contributed by atoms with Crippen LogP contribution in [0.15, 0.2) is 71.0 Å². The van der Waals surface area contributed by atoms with E-state index < -0.39 is 0 Å². The summed E-state index contributed by atoms with van der Waals surface area (Å²) >= 11 is 0. The second kappa shape index (κ2) is 29.3. The minimum Gasteiger partial charge on any atom is -0.439 e. The van der Waals surface area contributed by atoms with Gasteiger partial charge in [0.05, 0.1) is 11.8 Å². The van der Waals surface area contributed by atoms with E-state index in [1.165, 1.54) is 204 Å². The van der Waals surface area contributed by atoms with Gasteiger partial charge in [-0.15, -0.1) is 0 Å². The Bertz CT molecular complexity index is 1450. The number of rotatable bonds is 34. The zero-order valence-corrected chi connectivity index (χ0v) is 35.7. The van der Waals surface area contributed by atoms with Crippen LogP contribution < -0.4 is 14.2 Å². The first-order valence-corrected chi connectivity index (χ1v) is 23.7. The van der Waals surface area contributed by atoms with E-state index in [-0.39, 0.29) is 0 Å². The molecular formula is C51H81N2O2+. The Morgan fingerprint density at radius 3 is 1.51 bits per heavy atom. The Labute approximate surface area is 338 Å². The standard InChI is InChI=1S/C51H81N2O2/c1-3-5-7-9-11-13-15-17-19-21-23-25-27-29-35-44-52-46-38-31-33-40-48(46)54-50(52)42-37-43-51-53(47-39-32-34-41-49(47)55-51)45-36-30-28-26-24-22-20-18-16-14-12-10-8-6-4-2/h31-34,37-43H,3-30,35-36,44-45H2,1-2H3/q+1. The lowest BCUT2D eigenvalue weighted by atomic mass is 10.0. The molecule has 0 aliphatic carbocycles. The fraction of sp³-hybridized carbons (Fsp3) is 0.667. The molecule has 0 atom stereocenters. The lowest BCUT2D eigenvalue weighted by Crippen LogP contribution is -2.35. The zero-order chi connectivity index (χ0) is 38.4. The molecule has 1 aliphatic rings. The van der Waals surface area contributed by atoms with Crippen LogP contribution in [-0.4, -0.2) is 6.54 Å². The molecule has 0 bridgehead atoms. The molecule has 0 amide bonds. The maximum absolute atomic E-state index is 6.38. The Hall–Kier alpha value is -3.01. The van der Waals surface area contributed by atoms with Gasteiger partial charge >= 0.3 is 5.89 Å². The molecule has 4 rings (SSSR count). The van der Waals surface area contributed by atoms with Crippen molar-refractivity contribution in [2.75, 3.05) is 11.4 Å². The number of ether oxygens (including phenoxy) is 1. The Morgan fingerprint density at radius 1 is 0.509 bits per heavy atom. The van der Waals surface area contributed by atoms with Crippen molar-refractivity contribution in [2.24, 2.45) is 0 Å². The predicted octanol–water partition coefficient (Wildman–Crippen LogP) is 16.2. The quantitative estimate of drug-likeness (QED) is 0.0449. The monoisotopic (exact) mass is 754 g/mol. The van der Waals surface area contributed by atoms with Crippen LogP contribution in [0.4, 0.5) is 5.69 Å². The summed E-state index contributed by atoms with van der Waals surface area (Å²) in [4.78, 5) is 2.37. The second-order valence-electron chi connectivity index (χ2n) is 16.5. The van der Waals surface area contributed by atoms with E-state index in [1.54, 1.807) is 0 Å². The molecular weight excluding hydrogens is 673 g/mol. The molecule has 4 heteroatoms. The van der Waals surface area contributed by atoms with Crippen LogP contribution in [0.2, 0.25) is 0 Å². The lowest BCUT2D eigenvalue weighted by Gasteiger charge is -2.18. The molecule has 0 saturated carbocycles. The van der Waals surface area contributed by atoms with Crippen LogP contribution in [0.5, 0.6) is 5.75 Å². The number of anilines is 1. The van der Waals surface area contributed by atoms with E-state index in [9.17, 15) is 0 Å². The lowest BCUT2D eigenvalue weighted by molar-refractivity contribution is -0.678. The number of para-hydroxylation sites is 4. The van der Waals surface area contributed by atoms with Crippen molar-refractivity contribution in [1.29, 1.82) is 0 Å². The Balaban J connectivity index is 1.15. The highest BCUT2D eigenvalue weighted by Crippen LogP contribution is 2.39. The molecule has 3 aromatic rings. The number of nitrogens with zero attached hydrogens (tertiary/aromatic N) is 2. The molecule has 306 valence electrons. The second-order valence-corrected chi connectivity index (χ2v) is 16.5. The summed E-state index contributed by atoms with van der Waals surface area (Å²) < 4.78 is 15.1. The van der Waals surface area contributed by atoms with Gasteiger partial charge in [-0.1, -0.05) is 211 Å². The number of aromatic nitrogens is 1. The van der Waals surface area contributed by atoms with Gasteiger partial charge in [0.1, 0.15) is 0 Å². The number of fused-ring (bicyclic) bond motifs is 2. The van der Waals surface area contributed by atoms with Crippen molar-refractivity contribution < 1.29 is 13.7 Å². The molecule has 1 aliphatic heterocycles. The van der Waals surface area contributed by atoms with Crippen molar-refractivity contribution in [3.8, 4) is 5.75 Å². The van der Waals surface area contributed by atoms with Gasteiger partial charge in [0.15, 0.2) is 12.3 Å². The normalized spacial score (nSPS) is 13.5. The molecule has 0 spiro atoms. The van der Waals surface area contributed by atoms with Crippen LogP contribution in [0.3, 0.4) is 0 Å². The molecule has 0 saturated heterocycles. The smallest absolute Gasteiger partial charge is 0.374 e. The van der Waals surface area contributed by atoms with Crippen molar-refractivity contribution in [3.05, 3.63) is 72.5 Å². The van der Waals surface area contributed by atoms with E-state index in [0.29, 0.717) is 0 Å². The number of hydrogen-bond acceptors (Lipinski definition) is 3. The average molecular weight is 754 g/mol. The van der Waals surface area contributed by atoms with Gasteiger partial charge in [-0.05, 0) is 43.2 Å². The number of oxazole rings is 1. The first-order valence-electron chi connectivity index (χ1n) is 23.7. The third-order valence-electron chi connectivity index (χ3n) is 11.7. The third kappa shape index (κ3) is 17.8. The molecule has 2 heterocycles. The van der Waals surface area contributed by atoms with E-state index in [0.717, 1.165) is 36.2 Å². The van der Waals surface area contributed by atoms with Crippen LogP contribution in [0, 0.1) is 0 Å². The summed E-state index contributed by atoms with van der Waals surface area (Å²) in [6.45, 7) is 6.57. The summed E-state index contributed by atoms with van der Waals surface area (Å²) in [6, 6.07) is 16.9. The Kier molecular flexibility index (Phi) is 23.8. The zero-order valence-electron chi connectivity index (χ0n) is 35.7. The first kappa shape index (κ1) is 44.7. The summed E-state index contributed by atoms with van der Waals surface area (Å²) in [6.07, 6.45) is 47.9. The predicted molar refractivity (Wildman–Crippen MR) is 238 cm³/mol. The minimum absolute atomic E-state index is 0.910. The third-order valence-corrected chi connectivity index (χ3v) is 11.7. The van der Waals surface area contributed by atoms with Crippen LogP contribution in [0.1, 0.15) is 212 Å². The number of hydrogen-bond donors (Lipinski definition) is 0. The molecule has 4 nitrogen and oxygen atoms in total. The van der Waals surface area contributed by atoms with Crippen molar-refractivity contribution in [1.82, 2.24) is 0 Å². The van der Waals surface area contributed by atoms with Gasteiger partial charge in [-0.2, -0.15) is 4.57 Å². The first-order chi connectivity index (χ1) is 27.3. The van der Waals surface area contributed by atoms with Crippen LogP contribution >= 0.6 is 0 Å². The van der Waals surface area contributed by atoms with E-state index >= 15 is 0 Å². The molecule has 1 aromatic heterocycles. The SMILES string of the molecule is CCCCCCCCCCCCCCCCCN1/C(=C/C=C/c2oc3ccccc3[n+]2CCCCCCCCCCCCCCCCC)Oc2ccccc21. The fourth-order valence-corrected chi connectivity index (χ4v) is 8.31. The average Bonchev–Trinajstić information content (AvgIpc) is 3.74. The molecule has 0 unspecified atom stereocenters. The molecule has 0 N–H and O–H groups in total. The topological polar surface area (TPSA) is 29.5 Å². The number of unbranched alkanes of at least 4 members (excludes halogenated alkanes) is 28. The summed E-state index contributed by atoms with van der Waals surface area (Å²) in [5.74, 6) is 2.77. The van der Waals surface area contributed by atoms with Gasteiger partial charge in [-0.3, -0.25) is 0 Å². The maximum atomic E-state index is 6.38. The molecule has 2 aromatic carbocycles. The summed E-state index contributed by atoms with van der Waals surface area (Å²) in [7, 11) is 0. The maximum Gasteiger partial charge on any atom is 0.374 e. The number of benzene rings is 2. The van der Waals surface area contributed by atoms with Gasteiger partial charge in [0, 0.05) is 19.0 Å². The van der Waals surface area contributed by atoms with Crippen molar-refractivity contribution >= 4 is 22.9 Å². The van der Waals surface area contributed by atoms with E-state index in [2.05, 4.69) is 90.1 Å². The molecule has 0 fully saturated rings. The highest BCUT2D eigenvalue weighted by molar-refractivity contribution is 5.70. The molecule has 0 radical (unpaired) electrons.